The second kappa shape index (κ2) is 7.24. The standard InChI is InChI=1S/C17H34N2O/c1-4-18-17(13-20)11-6-9-16(17)10-12-19-14(2)7-5-8-15(19)3/h14-16,18,20H,4-13H2,1-3H3/t14-,15+,16?,17?. The van der Waals surface area contributed by atoms with Crippen LogP contribution >= 0.6 is 0 Å². The van der Waals surface area contributed by atoms with E-state index in [-0.39, 0.29) is 5.54 Å². The monoisotopic (exact) mass is 282 g/mol. The number of likely N-dealkylation sites (N-methyl/N-ethyl adjacent to an activating group) is 1. The van der Waals surface area contributed by atoms with Crippen LogP contribution in [0, 0.1) is 5.92 Å². The zero-order valence-electron chi connectivity index (χ0n) is 13.7. The SMILES string of the molecule is CCNC1(CO)CCCC1CCN1[C@H](C)CCC[C@@H]1C. The molecule has 0 bridgehead atoms. The quantitative estimate of drug-likeness (QED) is 0.786. The van der Waals surface area contributed by atoms with Crippen molar-refractivity contribution in [3.8, 4) is 0 Å². The zero-order valence-corrected chi connectivity index (χ0v) is 13.7. The Labute approximate surface area is 125 Å². The van der Waals surface area contributed by atoms with E-state index >= 15 is 0 Å². The maximum atomic E-state index is 9.88. The number of aliphatic hydroxyl groups is 1. The van der Waals surface area contributed by atoms with Gasteiger partial charge < -0.3 is 10.4 Å². The average molecular weight is 282 g/mol. The van der Waals surface area contributed by atoms with Gasteiger partial charge in [-0.2, -0.15) is 0 Å². The lowest BCUT2D eigenvalue weighted by atomic mass is 9.84. The minimum Gasteiger partial charge on any atom is -0.394 e. The molecule has 0 aromatic rings. The Morgan fingerprint density at radius 1 is 1.15 bits per heavy atom. The van der Waals surface area contributed by atoms with Crippen LogP contribution in [0.4, 0.5) is 0 Å². The number of nitrogens with one attached hydrogen (secondary N) is 1. The summed E-state index contributed by atoms with van der Waals surface area (Å²) in [4.78, 5) is 2.70. The molecule has 1 saturated heterocycles. The Morgan fingerprint density at radius 2 is 1.85 bits per heavy atom. The van der Waals surface area contributed by atoms with Gasteiger partial charge in [-0.3, -0.25) is 4.90 Å². The van der Waals surface area contributed by atoms with E-state index in [9.17, 15) is 5.11 Å². The Bertz CT molecular complexity index is 287. The fraction of sp³-hybridized carbons (Fsp3) is 1.00. The lowest BCUT2D eigenvalue weighted by Crippen LogP contribution is -2.52. The first kappa shape index (κ1) is 16.3. The first-order valence-electron chi connectivity index (χ1n) is 8.74. The molecule has 0 amide bonds. The summed E-state index contributed by atoms with van der Waals surface area (Å²) in [6.07, 6.45) is 9.03. The van der Waals surface area contributed by atoms with Crippen LogP contribution in [0.1, 0.15) is 65.7 Å². The van der Waals surface area contributed by atoms with E-state index in [1.165, 1.54) is 45.1 Å². The minimum atomic E-state index is 0.0109. The van der Waals surface area contributed by atoms with Gasteiger partial charge in [0.05, 0.1) is 6.61 Å². The smallest absolute Gasteiger partial charge is 0.0616 e. The molecule has 2 fully saturated rings. The molecule has 1 heterocycles. The van der Waals surface area contributed by atoms with Crippen molar-refractivity contribution in [2.24, 2.45) is 5.92 Å². The van der Waals surface area contributed by atoms with Gasteiger partial charge in [0.15, 0.2) is 0 Å². The highest BCUT2D eigenvalue weighted by Crippen LogP contribution is 2.38. The summed E-state index contributed by atoms with van der Waals surface area (Å²) in [5.41, 5.74) is 0.0109. The topological polar surface area (TPSA) is 35.5 Å². The first-order valence-corrected chi connectivity index (χ1v) is 8.74. The van der Waals surface area contributed by atoms with Crippen molar-refractivity contribution in [1.29, 1.82) is 0 Å². The molecule has 2 rings (SSSR count). The summed E-state index contributed by atoms with van der Waals surface area (Å²) in [5, 5.41) is 13.5. The van der Waals surface area contributed by atoms with Gasteiger partial charge in [0.1, 0.15) is 0 Å². The Kier molecular flexibility index (Phi) is 5.88. The van der Waals surface area contributed by atoms with E-state index < -0.39 is 0 Å². The van der Waals surface area contributed by atoms with Crippen molar-refractivity contribution in [2.75, 3.05) is 19.7 Å². The third-order valence-electron chi connectivity index (χ3n) is 5.88. The second-order valence-corrected chi connectivity index (χ2v) is 7.09. The maximum absolute atomic E-state index is 9.88. The third kappa shape index (κ3) is 3.37. The normalized spacial score (nSPS) is 39.3. The van der Waals surface area contributed by atoms with E-state index in [0.717, 1.165) is 25.0 Å². The molecule has 1 saturated carbocycles. The molecule has 0 spiro atoms. The molecule has 2 N–H and O–H groups in total. The molecule has 3 heteroatoms. The molecular formula is C17H34N2O. The number of nitrogens with zero attached hydrogens (tertiary/aromatic N) is 1. The number of rotatable bonds is 6. The number of hydrogen-bond acceptors (Lipinski definition) is 3. The van der Waals surface area contributed by atoms with Gasteiger partial charge in [-0.25, -0.2) is 0 Å². The van der Waals surface area contributed by atoms with Crippen molar-refractivity contribution < 1.29 is 5.11 Å². The summed E-state index contributed by atoms with van der Waals surface area (Å²) in [5.74, 6) is 0.647. The minimum absolute atomic E-state index is 0.0109. The van der Waals surface area contributed by atoms with E-state index in [1.54, 1.807) is 0 Å². The number of likely N-dealkylation sites (tertiary alicyclic amines) is 1. The number of hydrogen-bond donors (Lipinski definition) is 2. The third-order valence-corrected chi connectivity index (χ3v) is 5.88. The van der Waals surface area contributed by atoms with Gasteiger partial charge in [0.25, 0.3) is 0 Å². The van der Waals surface area contributed by atoms with E-state index in [4.69, 9.17) is 0 Å². The highest BCUT2D eigenvalue weighted by atomic mass is 16.3. The van der Waals surface area contributed by atoms with Gasteiger partial charge in [-0.1, -0.05) is 19.8 Å². The molecule has 2 unspecified atom stereocenters. The van der Waals surface area contributed by atoms with Crippen molar-refractivity contribution >= 4 is 0 Å². The molecule has 0 radical (unpaired) electrons. The van der Waals surface area contributed by atoms with Gasteiger partial charge in [-0.15, -0.1) is 0 Å². The highest BCUT2D eigenvalue weighted by Gasteiger charge is 2.41. The fourth-order valence-corrected chi connectivity index (χ4v) is 4.63. The average Bonchev–Trinajstić information content (AvgIpc) is 2.82. The number of piperidine rings is 1. The van der Waals surface area contributed by atoms with Crippen LogP contribution in [0.3, 0.4) is 0 Å². The summed E-state index contributed by atoms with van der Waals surface area (Å²) < 4.78 is 0. The summed E-state index contributed by atoms with van der Waals surface area (Å²) >= 11 is 0. The van der Waals surface area contributed by atoms with Gasteiger partial charge >= 0.3 is 0 Å². The van der Waals surface area contributed by atoms with Crippen LogP contribution in [-0.4, -0.2) is 47.3 Å². The molecule has 0 aromatic heterocycles. The largest absolute Gasteiger partial charge is 0.394 e. The van der Waals surface area contributed by atoms with Crippen molar-refractivity contribution in [1.82, 2.24) is 10.2 Å². The second-order valence-electron chi connectivity index (χ2n) is 7.09. The molecule has 2 aliphatic rings. The molecule has 1 aliphatic carbocycles. The van der Waals surface area contributed by atoms with Crippen LogP contribution in [0.15, 0.2) is 0 Å². The van der Waals surface area contributed by atoms with Crippen LogP contribution in [0.5, 0.6) is 0 Å². The lowest BCUT2D eigenvalue weighted by molar-refractivity contribution is 0.0744. The zero-order chi connectivity index (χ0) is 14.6. The lowest BCUT2D eigenvalue weighted by Gasteiger charge is -2.41. The molecule has 3 nitrogen and oxygen atoms in total. The van der Waals surface area contributed by atoms with Crippen LogP contribution in [0.25, 0.3) is 0 Å². The predicted octanol–water partition coefficient (Wildman–Crippen LogP) is 2.78. The van der Waals surface area contributed by atoms with Gasteiger partial charge in [0, 0.05) is 17.6 Å². The van der Waals surface area contributed by atoms with Crippen LogP contribution in [-0.2, 0) is 0 Å². The first-order chi connectivity index (χ1) is 9.63. The molecular weight excluding hydrogens is 248 g/mol. The summed E-state index contributed by atoms with van der Waals surface area (Å²) in [6, 6.07) is 1.48. The van der Waals surface area contributed by atoms with Gasteiger partial charge in [-0.05, 0) is 65.0 Å². The van der Waals surface area contributed by atoms with Crippen molar-refractivity contribution in [3.63, 3.8) is 0 Å². The molecule has 118 valence electrons. The van der Waals surface area contributed by atoms with E-state index in [0.29, 0.717) is 12.5 Å². The van der Waals surface area contributed by atoms with E-state index in [2.05, 4.69) is 31.0 Å². The van der Waals surface area contributed by atoms with Gasteiger partial charge in [0.2, 0.25) is 0 Å². The highest BCUT2D eigenvalue weighted by molar-refractivity contribution is 4.99. The summed E-state index contributed by atoms with van der Waals surface area (Å²) in [7, 11) is 0. The van der Waals surface area contributed by atoms with Crippen LogP contribution in [0.2, 0.25) is 0 Å². The molecule has 0 aromatic carbocycles. The number of aliphatic hydroxyl groups excluding tert-OH is 1. The fourth-order valence-electron chi connectivity index (χ4n) is 4.63. The predicted molar refractivity (Wildman–Crippen MR) is 84.9 cm³/mol. The maximum Gasteiger partial charge on any atom is 0.0616 e. The Hall–Kier alpha value is -0.120. The Morgan fingerprint density at radius 3 is 2.45 bits per heavy atom. The van der Waals surface area contributed by atoms with Crippen LogP contribution < -0.4 is 5.32 Å². The van der Waals surface area contributed by atoms with Crippen molar-refractivity contribution in [2.45, 2.75) is 83.3 Å². The van der Waals surface area contributed by atoms with Crippen molar-refractivity contribution in [3.05, 3.63) is 0 Å². The molecule has 1 aliphatic heterocycles. The summed E-state index contributed by atoms with van der Waals surface area (Å²) in [6.45, 7) is 9.40. The molecule has 4 atom stereocenters. The molecule has 20 heavy (non-hydrogen) atoms. The van der Waals surface area contributed by atoms with E-state index in [1.807, 2.05) is 0 Å². The Balaban J connectivity index is 1.91.